The highest BCUT2D eigenvalue weighted by Gasteiger charge is 2.05. The largest absolute Gasteiger partial charge is 0.384 e. The number of nitrogens with one attached hydrogen (secondary N) is 1. The second-order valence-corrected chi connectivity index (χ2v) is 4.67. The van der Waals surface area contributed by atoms with Gasteiger partial charge < -0.3 is 5.73 Å². The van der Waals surface area contributed by atoms with E-state index in [9.17, 15) is 0 Å². The van der Waals surface area contributed by atoms with Crippen molar-refractivity contribution < 1.29 is 0 Å². The summed E-state index contributed by atoms with van der Waals surface area (Å²) in [5, 5.41) is 11.7. The van der Waals surface area contributed by atoms with Crippen LogP contribution in [0.3, 0.4) is 0 Å². The molecule has 0 radical (unpaired) electrons. The number of aromatic nitrogens is 2. The van der Waals surface area contributed by atoms with E-state index in [2.05, 4.69) is 27.7 Å². The van der Waals surface area contributed by atoms with Gasteiger partial charge in [0.05, 0.1) is 16.3 Å². The molecule has 1 heterocycles. The molecule has 1 aromatic carbocycles. The van der Waals surface area contributed by atoms with E-state index in [0.29, 0.717) is 6.54 Å². The number of nitrogens with zero attached hydrogens (tertiary/aromatic N) is 2. The molecule has 0 unspecified atom stereocenters. The van der Waals surface area contributed by atoms with Gasteiger partial charge in [-0.25, -0.2) is 0 Å². The molecule has 0 spiro atoms. The Labute approximate surface area is 107 Å². The van der Waals surface area contributed by atoms with E-state index in [1.807, 2.05) is 35.1 Å². The Morgan fingerprint density at radius 1 is 1.44 bits per heavy atom. The predicted molar refractivity (Wildman–Crippen MR) is 71.5 cm³/mol. The van der Waals surface area contributed by atoms with Crippen LogP contribution in [-0.2, 0) is 6.54 Å². The number of benzene rings is 1. The van der Waals surface area contributed by atoms with Crippen LogP contribution in [0.4, 0.5) is 0 Å². The van der Waals surface area contributed by atoms with Crippen molar-refractivity contribution in [3.63, 3.8) is 0 Å². The van der Waals surface area contributed by atoms with Crippen LogP contribution in [-0.4, -0.2) is 15.6 Å². The molecule has 0 bridgehead atoms. The van der Waals surface area contributed by atoms with Gasteiger partial charge in [-0.05, 0) is 28.2 Å². The summed E-state index contributed by atoms with van der Waals surface area (Å²) < 4.78 is 2.93. The Hall–Kier alpha value is -1.37. The Morgan fingerprint density at radius 2 is 2.19 bits per heavy atom. The number of halogens is 1. The summed E-state index contributed by atoms with van der Waals surface area (Å²) in [6.45, 7) is 0.638. The lowest BCUT2D eigenvalue weighted by atomic mass is 10.1. The highest BCUT2D eigenvalue weighted by molar-refractivity contribution is 14.1. The zero-order valence-electron chi connectivity index (χ0n) is 8.52. The number of rotatable bonds is 3. The standard InChI is InChI=1S/C11H11IN4/c12-9-5-15-16(7-9)6-8-3-1-2-4-10(8)11(13)14/h1-5,7H,6H2,(H3,13,14). The third kappa shape index (κ3) is 2.41. The fourth-order valence-corrected chi connectivity index (χ4v) is 1.97. The van der Waals surface area contributed by atoms with Gasteiger partial charge in [-0.15, -0.1) is 0 Å². The fourth-order valence-electron chi connectivity index (χ4n) is 1.52. The van der Waals surface area contributed by atoms with Crippen molar-refractivity contribution in [2.45, 2.75) is 6.54 Å². The SMILES string of the molecule is N=C(N)c1ccccc1Cn1cc(I)cn1. The number of nitrogens with two attached hydrogens (primary N) is 1. The normalized spacial score (nSPS) is 10.3. The average Bonchev–Trinajstić information content (AvgIpc) is 2.64. The van der Waals surface area contributed by atoms with E-state index < -0.39 is 0 Å². The maximum Gasteiger partial charge on any atom is 0.123 e. The van der Waals surface area contributed by atoms with E-state index in [0.717, 1.165) is 14.7 Å². The van der Waals surface area contributed by atoms with Gasteiger partial charge in [0, 0.05) is 11.8 Å². The van der Waals surface area contributed by atoms with E-state index in [4.69, 9.17) is 11.1 Å². The highest BCUT2D eigenvalue weighted by Crippen LogP contribution is 2.10. The maximum absolute atomic E-state index is 7.49. The van der Waals surface area contributed by atoms with Crippen LogP contribution >= 0.6 is 22.6 Å². The third-order valence-electron chi connectivity index (χ3n) is 2.24. The molecular weight excluding hydrogens is 315 g/mol. The molecule has 0 fully saturated rings. The molecule has 4 nitrogen and oxygen atoms in total. The zero-order valence-corrected chi connectivity index (χ0v) is 10.7. The zero-order chi connectivity index (χ0) is 11.5. The van der Waals surface area contributed by atoms with Gasteiger partial charge in [-0.2, -0.15) is 5.10 Å². The minimum Gasteiger partial charge on any atom is -0.384 e. The fraction of sp³-hybridized carbons (Fsp3) is 0.0909. The molecule has 0 saturated heterocycles. The molecule has 1 aromatic heterocycles. The third-order valence-corrected chi connectivity index (χ3v) is 2.80. The van der Waals surface area contributed by atoms with Crippen LogP contribution in [0.2, 0.25) is 0 Å². The van der Waals surface area contributed by atoms with Crippen molar-refractivity contribution in [3.8, 4) is 0 Å². The molecule has 5 heteroatoms. The quantitative estimate of drug-likeness (QED) is 0.513. The monoisotopic (exact) mass is 326 g/mol. The maximum atomic E-state index is 7.49. The number of hydrogen-bond donors (Lipinski definition) is 2. The van der Waals surface area contributed by atoms with Crippen molar-refractivity contribution in [2.24, 2.45) is 5.73 Å². The second-order valence-electron chi connectivity index (χ2n) is 3.43. The molecule has 16 heavy (non-hydrogen) atoms. The lowest BCUT2D eigenvalue weighted by Crippen LogP contribution is -2.15. The molecule has 3 N–H and O–H groups in total. The van der Waals surface area contributed by atoms with Crippen LogP contribution in [0, 0.1) is 8.98 Å². The molecule has 0 aliphatic heterocycles. The summed E-state index contributed by atoms with van der Waals surface area (Å²) >= 11 is 2.22. The smallest absolute Gasteiger partial charge is 0.123 e. The Balaban J connectivity index is 2.31. The molecule has 0 aliphatic carbocycles. The van der Waals surface area contributed by atoms with E-state index in [-0.39, 0.29) is 5.84 Å². The lowest BCUT2D eigenvalue weighted by molar-refractivity contribution is 0.685. The van der Waals surface area contributed by atoms with Crippen molar-refractivity contribution in [3.05, 3.63) is 51.4 Å². The number of amidine groups is 1. The summed E-state index contributed by atoms with van der Waals surface area (Å²) in [5.41, 5.74) is 7.31. The van der Waals surface area contributed by atoms with Gasteiger partial charge in [0.1, 0.15) is 5.84 Å². The van der Waals surface area contributed by atoms with Crippen LogP contribution in [0.15, 0.2) is 36.7 Å². The van der Waals surface area contributed by atoms with Gasteiger partial charge in [0.25, 0.3) is 0 Å². The lowest BCUT2D eigenvalue weighted by Gasteiger charge is -2.07. The molecule has 82 valence electrons. The summed E-state index contributed by atoms with van der Waals surface area (Å²) in [6, 6.07) is 7.64. The van der Waals surface area contributed by atoms with Crippen molar-refractivity contribution in [1.29, 1.82) is 5.41 Å². The summed E-state index contributed by atoms with van der Waals surface area (Å²) in [7, 11) is 0. The van der Waals surface area contributed by atoms with E-state index in [1.165, 1.54) is 0 Å². The second kappa shape index (κ2) is 4.65. The minimum absolute atomic E-state index is 0.0949. The summed E-state index contributed by atoms with van der Waals surface area (Å²) in [5.74, 6) is 0.0949. The minimum atomic E-state index is 0.0949. The van der Waals surface area contributed by atoms with Gasteiger partial charge in [-0.1, -0.05) is 24.3 Å². The molecule has 0 atom stereocenters. The van der Waals surface area contributed by atoms with Crippen LogP contribution in [0.5, 0.6) is 0 Å². The van der Waals surface area contributed by atoms with E-state index in [1.54, 1.807) is 6.20 Å². The van der Waals surface area contributed by atoms with Gasteiger partial charge >= 0.3 is 0 Å². The average molecular weight is 326 g/mol. The van der Waals surface area contributed by atoms with E-state index >= 15 is 0 Å². The van der Waals surface area contributed by atoms with Crippen molar-refractivity contribution in [2.75, 3.05) is 0 Å². The molecule has 0 amide bonds. The van der Waals surface area contributed by atoms with Crippen LogP contribution in [0.1, 0.15) is 11.1 Å². The van der Waals surface area contributed by atoms with Crippen molar-refractivity contribution in [1.82, 2.24) is 9.78 Å². The Kier molecular flexibility index (Phi) is 3.23. The van der Waals surface area contributed by atoms with Crippen LogP contribution in [0.25, 0.3) is 0 Å². The van der Waals surface area contributed by atoms with Gasteiger partial charge in [-0.3, -0.25) is 10.1 Å². The first-order valence-electron chi connectivity index (χ1n) is 4.77. The van der Waals surface area contributed by atoms with Crippen LogP contribution < -0.4 is 5.73 Å². The van der Waals surface area contributed by atoms with Gasteiger partial charge in [0.2, 0.25) is 0 Å². The first kappa shape index (κ1) is 11.1. The highest BCUT2D eigenvalue weighted by atomic mass is 127. The topological polar surface area (TPSA) is 67.7 Å². The Morgan fingerprint density at radius 3 is 2.81 bits per heavy atom. The van der Waals surface area contributed by atoms with Gasteiger partial charge in [0.15, 0.2) is 0 Å². The number of hydrogen-bond acceptors (Lipinski definition) is 2. The molecule has 0 aliphatic rings. The first-order chi connectivity index (χ1) is 7.66. The van der Waals surface area contributed by atoms with Crippen molar-refractivity contribution >= 4 is 28.4 Å². The first-order valence-corrected chi connectivity index (χ1v) is 5.85. The Bertz CT molecular complexity index is 518. The molecular formula is C11H11IN4. The molecule has 0 saturated carbocycles. The molecule has 2 aromatic rings. The summed E-state index contributed by atoms with van der Waals surface area (Å²) in [6.07, 6.45) is 3.76. The predicted octanol–water partition coefficient (Wildman–Crippen LogP) is 1.82. The molecule has 2 rings (SSSR count). The number of nitrogen functional groups attached to an aromatic ring is 1. The summed E-state index contributed by atoms with van der Waals surface area (Å²) in [4.78, 5) is 0.